The van der Waals surface area contributed by atoms with Crippen molar-refractivity contribution in [1.29, 1.82) is 0 Å². The molecule has 2 aromatic carbocycles. The summed E-state index contributed by atoms with van der Waals surface area (Å²) in [6.45, 7) is 6.18. The molecule has 1 aromatic heterocycles. The largest absolute Gasteiger partial charge is 0.351 e. The van der Waals surface area contributed by atoms with E-state index in [2.05, 4.69) is 5.16 Å². The van der Waals surface area contributed by atoms with E-state index < -0.39 is 22.4 Å². The monoisotopic (exact) mass is 487 g/mol. The first kappa shape index (κ1) is 22.4. The van der Waals surface area contributed by atoms with Crippen molar-refractivity contribution >= 4 is 23.2 Å². The molecule has 3 atom stereocenters. The van der Waals surface area contributed by atoms with Gasteiger partial charge in [0.15, 0.2) is 5.69 Å². The molecule has 0 bridgehead atoms. The van der Waals surface area contributed by atoms with Gasteiger partial charge in [0.2, 0.25) is 17.6 Å². The van der Waals surface area contributed by atoms with E-state index in [4.69, 9.17) is 4.52 Å². The Hall–Kier alpha value is -4.05. The number of aryl methyl sites for hydroxylation is 2. The molecule has 0 aliphatic carbocycles. The first-order chi connectivity index (χ1) is 17.3. The molecule has 3 unspecified atom stereocenters. The molecule has 1 spiro atoms. The molecule has 36 heavy (non-hydrogen) atoms. The molecule has 4 heterocycles. The maximum atomic E-state index is 14.6. The van der Waals surface area contributed by atoms with Crippen LogP contribution >= 0.6 is 0 Å². The van der Waals surface area contributed by atoms with Gasteiger partial charge in [-0.05, 0) is 38.0 Å². The van der Waals surface area contributed by atoms with Crippen molar-refractivity contribution in [3.63, 3.8) is 0 Å². The maximum Gasteiger partial charge on any atom is 0.336 e. The number of carbonyl (C=O) groups is 2. The second-order valence-corrected chi connectivity index (χ2v) is 9.54. The number of anilines is 1. The fraction of sp³-hybridized carbons (Fsp3) is 0.346. The molecule has 0 saturated carbocycles. The quantitative estimate of drug-likeness (QED) is 0.407. The minimum Gasteiger partial charge on any atom is -0.351 e. The van der Waals surface area contributed by atoms with Gasteiger partial charge in [-0.25, -0.2) is 5.01 Å². The van der Waals surface area contributed by atoms with Crippen LogP contribution in [0.4, 0.5) is 11.4 Å². The van der Waals surface area contributed by atoms with Gasteiger partial charge in [0.25, 0.3) is 0 Å². The second kappa shape index (κ2) is 7.72. The lowest BCUT2D eigenvalue weighted by Gasteiger charge is -2.34. The smallest absolute Gasteiger partial charge is 0.336 e. The third-order valence-electron chi connectivity index (χ3n) is 7.73. The first-order valence-electron chi connectivity index (χ1n) is 12.0. The molecule has 184 valence electrons. The standard InChI is InChI=1S/C26H25N5O5/c1-4-28-19-8-6-5-7-18(19)26(25(28)33)23(17-11-9-15(2)10-12-17)29-14-13-20(32)30(29)24(26)22-21(31(34)35)16(3)27-36-22/h5-12,23-24H,4,13-14H2,1-3H3. The molecule has 3 aromatic rings. The van der Waals surface area contributed by atoms with Crippen LogP contribution in [0.3, 0.4) is 0 Å². The number of rotatable bonds is 4. The molecule has 6 rings (SSSR count). The summed E-state index contributed by atoms with van der Waals surface area (Å²) < 4.78 is 5.64. The third kappa shape index (κ3) is 2.67. The summed E-state index contributed by atoms with van der Waals surface area (Å²) in [4.78, 5) is 41.3. The number of para-hydroxylation sites is 1. The average molecular weight is 488 g/mol. The Kier molecular flexibility index (Phi) is 4.81. The fourth-order valence-corrected chi connectivity index (χ4v) is 6.33. The predicted molar refractivity (Wildman–Crippen MR) is 129 cm³/mol. The van der Waals surface area contributed by atoms with Crippen molar-refractivity contribution in [3.8, 4) is 0 Å². The van der Waals surface area contributed by atoms with Gasteiger partial charge in [-0.3, -0.25) is 24.7 Å². The number of hydrogen-bond acceptors (Lipinski definition) is 7. The number of nitrogens with zero attached hydrogens (tertiary/aromatic N) is 5. The number of likely N-dealkylation sites (N-methyl/N-ethyl adjacent to an activating group) is 1. The summed E-state index contributed by atoms with van der Waals surface area (Å²) in [5.41, 5.74) is 1.81. The van der Waals surface area contributed by atoms with Gasteiger partial charge < -0.3 is 9.42 Å². The highest BCUT2D eigenvalue weighted by Crippen LogP contribution is 2.65. The summed E-state index contributed by atoms with van der Waals surface area (Å²) in [6, 6.07) is 13.7. The van der Waals surface area contributed by atoms with Gasteiger partial charge >= 0.3 is 5.69 Å². The van der Waals surface area contributed by atoms with Gasteiger partial charge in [0.1, 0.15) is 11.5 Å². The zero-order valence-corrected chi connectivity index (χ0v) is 20.2. The van der Waals surface area contributed by atoms with Gasteiger partial charge in [0.05, 0.1) is 11.0 Å². The van der Waals surface area contributed by atoms with Gasteiger partial charge in [0, 0.05) is 25.2 Å². The number of aromatic nitrogens is 1. The van der Waals surface area contributed by atoms with Crippen LogP contribution in [0, 0.1) is 24.0 Å². The van der Waals surface area contributed by atoms with Gasteiger partial charge in [-0.1, -0.05) is 53.2 Å². The predicted octanol–water partition coefficient (Wildman–Crippen LogP) is 3.75. The van der Waals surface area contributed by atoms with Crippen LogP contribution in [-0.4, -0.2) is 45.0 Å². The number of carbonyl (C=O) groups excluding carboxylic acids is 2. The van der Waals surface area contributed by atoms with Crippen LogP contribution in [0.15, 0.2) is 53.1 Å². The van der Waals surface area contributed by atoms with E-state index in [9.17, 15) is 19.7 Å². The van der Waals surface area contributed by atoms with Gasteiger partial charge in [-0.2, -0.15) is 0 Å². The Balaban J connectivity index is 1.73. The number of hydrogen-bond donors (Lipinski definition) is 0. The zero-order valence-electron chi connectivity index (χ0n) is 20.2. The van der Waals surface area contributed by atoms with Crippen LogP contribution in [-0.2, 0) is 15.0 Å². The van der Waals surface area contributed by atoms with E-state index in [1.807, 2.05) is 67.4 Å². The normalized spacial score (nSPS) is 25.2. The molecule has 2 saturated heterocycles. The van der Waals surface area contributed by atoms with Crippen molar-refractivity contribution in [1.82, 2.24) is 15.2 Å². The minimum atomic E-state index is -1.37. The summed E-state index contributed by atoms with van der Waals surface area (Å²) in [5.74, 6) is -0.502. The Labute approximate surface area is 207 Å². The Bertz CT molecular complexity index is 1420. The number of benzene rings is 2. The van der Waals surface area contributed by atoms with Crippen molar-refractivity contribution in [2.45, 2.75) is 44.7 Å². The molecule has 2 amide bonds. The Morgan fingerprint density at radius 3 is 2.53 bits per heavy atom. The highest BCUT2D eigenvalue weighted by molar-refractivity contribution is 6.10. The summed E-state index contributed by atoms with van der Waals surface area (Å²) >= 11 is 0. The van der Waals surface area contributed by atoms with Crippen LogP contribution in [0.1, 0.15) is 53.6 Å². The lowest BCUT2D eigenvalue weighted by Crippen LogP contribution is -2.48. The van der Waals surface area contributed by atoms with E-state index >= 15 is 0 Å². The number of nitro groups is 1. The molecular weight excluding hydrogens is 462 g/mol. The topological polar surface area (TPSA) is 113 Å². The zero-order chi connectivity index (χ0) is 25.4. The van der Waals surface area contributed by atoms with Crippen LogP contribution in [0.5, 0.6) is 0 Å². The number of fused-ring (bicyclic) bond motifs is 3. The summed E-state index contributed by atoms with van der Waals surface area (Å²) in [6.07, 6.45) is 0.239. The van der Waals surface area contributed by atoms with Crippen molar-refractivity contribution in [2.24, 2.45) is 0 Å². The lowest BCUT2D eigenvalue weighted by atomic mass is 9.67. The maximum absolute atomic E-state index is 14.6. The fourth-order valence-electron chi connectivity index (χ4n) is 6.33. The van der Waals surface area contributed by atoms with E-state index in [0.29, 0.717) is 13.1 Å². The Morgan fingerprint density at radius 1 is 1.11 bits per heavy atom. The summed E-state index contributed by atoms with van der Waals surface area (Å²) in [5, 5.41) is 19.5. The molecule has 3 aliphatic rings. The van der Waals surface area contributed by atoms with Gasteiger partial charge in [-0.15, -0.1) is 0 Å². The number of amides is 2. The van der Waals surface area contributed by atoms with Crippen molar-refractivity contribution < 1.29 is 19.0 Å². The molecule has 0 radical (unpaired) electrons. The lowest BCUT2D eigenvalue weighted by molar-refractivity contribution is -0.387. The molecule has 10 nitrogen and oxygen atoms in total. The van der Waals surface area contributed by atoms with E-state index in [1.165, 1.54) is 11.9 Å². The molecular formula is C26H25N5O5. The molecule has 3 aliphatic heterocycles. The highest BCUT2D eigenvalue weighted by atomic mass is 16.6. The third-order valence-corrected chi connectivity index (χ3v) is 7.73. The van der Waals surface area contributed by atoms with E-state index in [-0.39, 0.29) is 35.4 Å². The highest BCUT2D eigenvalue weighted by Gasteiger charge is 2.72. The average Bonchev–Trinajstić information content (AvgIpc) is 3.57. The minimum absolute atomic E-state index is 0.0755. The second-order valence-electron chi connectivity index (χ2n) is 9.54. The van der Waals surface area contributed by atoms with Crippen molar-refractivity contribution in [2.75, 3.05) is 18.0 Å². The number of hydrazine groups is 1. The summed E-state index contributed by atoms with van der Waals surface area (Å²) in [7, 11) is 0. The molecule has 2 fully saturated rings. The van der Waals surface area contributed by atoms with Crippen LogP contribution in [0.25, 0.3) is 0 Å². The Morgan fingerprint density at radius 2 is 1.83 bits per heavy atom. The van der Waals surface area contributed by atoms with Crippen LogP contribution < -0.4 is 4.90 Å². The van der Waals surface area contributed by atoms with E-state index in [1.54, 1.807) is 4.90 Å². The SMILES string of the molecule is CCN1C(=O)C2(c3ccccc31)C(c1ccc(C)cc1)N1CCC(=O)N1C2c1onc(C)c1[N+](=O)[O-]. The van der Waals surface area contributed by atoms with Crippen molar-refractivity contribution in [3.05, 3.63) is 86.8 Å². The first-order valence-corrected chi connectivity index (χ1v) is 12.0. The van der Waals surface area contributed by atoms with E-state index in [0.717, 1.165) is 22.4 Å². The molecule has 10 heteroatoms. The van der Waals surface area contributed by atoms with Crippen LogP contribution in [0.2, 0.25) is 0 Å². The molecule has 0 N–H and O–H groups in total.